The molecule has 0 atom stereocenters. The Bertz CT molecular complexity index is 693. The first-order valence-corrected chi connectivity index (χ1v) is 8.68. The summed E-state index contributed by atoms with van der Waals surface area (Å²) in [6.07, 6.45) is 2.13. The van der Waals surface area contributed by atoms with Gasteiger partial charge >= 0.3 is 0 Å². The average Bonchev–Trinajstić information content (AvgIpc) is 2.81. The fourth-order valence-electron chi connectivity index (χ4n) is 1.96. The van der Waals surface area contributed by atoms with Gasteiger partial charge in [-0.3, -0.25) is 0 Å². The zero-order valence-electron chi connectivity index (χ0n) is 11.4. The lowest BCUT2D eigenvalue weighted by molar-refractivity contribution is 0.602. The highest BCUT2D eigenvalue weighted by atomic mass is 35.5. The maximum Gasteiger partial charge on any atom is 0.175 e. The molecule has 1 aromatic heterocycles. The number of nitrogens with zero attached hydrogens (tertiary/aromatic N) is 3. The third-order valence-electron chi connectivity index (χ3n) is 2.93. The van der Waals surface area contributed by atoms with Crippen LogP contribution in [0.15, 0.2) is 29.2 Å². The van der Waals surface area contributed by atoms with Gasteiger partial charge in [0.05, 0.1) is 10.8 Å². The van der Waals surface area contributed by atoms with E-state index >= 15 is 0 Å². The van der Waals surface area contributed by atoms with Crippen molar-refractivity contribution in [3.05, 3.63) is 30.1 Å². The summed E-state index contributed by atoms with van der Waals surface area (Å²) < 4.78 is 24.9. The first kappa shape index (κ1) is 15.0. The van der Waals surface area contributed by atoms with E-state index in [0.717, 1.165) is 24.4 Å². The molecule has 0 N–H and O–H groups in total. The van der Waals surface area contributed by atoms with E-state index in [1.165, 1.54) is 6.26 Å². The number of benzene rings is 1. The molecule has 2 rings (SSSR count). The van der Waals surface area contributed by atoms with Gasteiger partial charge in [-0.25, -0.2) is 8.42 Å². The SMILES string of the molecule is CCCn1c(CCl)nnc1-c1ccc(S(C)(=O)=O)cc1. The van der Waals surface area contributed by atoms with E-state index in [2.05, 4.69) is 17.1 Å². The second-order valence-corrected chi connectivity index (χ2v) is 6.80. The van der Waals surface area contributed by atoms with E-state index < -0.39 is 9.84 Å². The van der Waals surface area contributed by atoms with Crippen molar-refractivity contribution in [3.63, 3.8) is 0 Å². The van der Waals surface area contributed by atoms with Crippen molar-refractivity contribution in [2.24, 2.45) is 0 Å². The zero-order valence-corrected chi connectivity index (χ0v) is 12.9. The number of halogens is 1. The minimum Gasteiger partial charge on any atom is -0.310 e. The van der Waals surface area contributed by atoms with Crippen LogP contribution in [0.1, 0.15) is 19.2 Å². The van der Waals surface area contributed by atoms with E-state index in [-0.39, 0.29) is 0 Å². The largest absolute Gasteiger partial charge is 0.310 e. The number of rotatable bonds is 5. The van der Waals surface area contributed by atoms with Crippen LogP contribution in [0.4, 0.5) is 0 Å². The molecule has 5 nitrogen and oxygen atoms in total. The predicted octanol–water partition coefficient (Wildman–Crippen LogP) is 2.50. The van der Waals surface area contributed by atoms with Crippen LogP contribution in [-0.2, 0) is 22.3 Å². The molecule has 0 spiro atoms. The number of alkyl halides is 1. The number of hydrogen-bond donors (Lipinski definition) is 0. The molecular formula is C13H16ClN3O2S. The summed E-state index contributed by atoms with van der Waals surface area (Å²) in [6, 6.07) is 6.64. The van der Waals surface area contributed by atoms with Gasteiger partial charge in [-0.1, -0.05) is 6.92 Å². The summed E-state index contributed by atoms with van der Waals surface area (Å²) in [4.78, 5) is 0.292. The molecule has 0 aliphatic heterocycles. The molecule has 0 saturated carbocycles. The van der Waals surface area contributed by atoms with E-state index in [4.69, 9.17) is 11.6 Å². The van der Waals surface area contributed by atoms with Crippen molar-refractivity contribution in [1.82, 2.24) is 14.8 Å². The lowest BCUT2D eigenvalue weighted by Gasteiger charge is -2.08. The van der Waals surface area contributed by atoms with Crippen molar-refractivity contribution in [3.8, 4) is 11.4 Å². The maximum absolute atomic E-state index is 11.4. The van der Waals surface area contributed by atoms with Crippen LogP contribution in [0, 0.1) is 0 Å². The Morgan fingerprint density at radius 1 is 1.20 bits per heavy atom. The fraction of sp³-hybridized carbons (Fsp3) is 0.385. The van der Waals surface area contributed by atoms with E-state index in [9.17, 15) is 8.42 Å². The van der Waals surface area contributed by atoms with Crippen LogP contribution < -0.4 is 0 Å². The fourth-order valence-corrected chi connectivity index (χ4v) is 2.79. The molecule has 0 amide bonds. The van der Waals surface area contributed by atoms with Gasteiger partial charge in [-0.15, -0.1) is 21.8 Å². The van der Waals surface area contributed by atoms with E-state index in [0.29, 0.717) is 16.6 Å². The van der Waals surface area contributed by atoms with Crippen molar-refractivity contribution in [2.75, 3.05) is 6.26 Å². The predicted molar refractivity (Wildman–Crippen MR) is 78.4 cm³/mol. The highest BCUT2D eigenvalue weighted by Gasteiger charge is 2.13. The summed E-state index contributed by atoms with van der Waals surface area (Å²) in [5.41, 5.74) is 0.828. The lowest BCUT2D eigenvalue weighted by Crippen LogP contribution is -2.04. The number of hydrogen-bond acceptors (Lipinski definition) is 4. The summed E-state index contributed by atoms with van der Waals surface area (Å²) in [7, 11) is -3.19. The van der Waals surface area contributed by atoms with Gasteiger partial charge in [-0.05, 0) is 30.7 Å². The summed E-state index contributed by atoms with van der Waals surface area (Å²) >= 11 is 5.85. The maximum atomic E-state index is 11.4. The van der Waals surface area contributed by atoms with Crippen LogP contribution in [0.2, 0.25) is 0 Å². The van der Waals surface area contributed by atoms with Crippen LogP contribution >= 0.6 is 11.6 Å². The van der Waals surface area contributed by atoms with Gasteiger partial charge in [0.15, 0.2) is 15.7 Å². The molecule has 0 saturated heterocycles. The topological polar surface area (TPSA) is 64.8 Å². The molecule has 2 aromatic rings. The molecule has 1 heterocycles. The average molecular weight is 314 g/mol. The highest BCUT2D eigenvalue weighted by molar-refractivity contribution is 7.90. The smallest absolute Gasteiger partial charge is 0.175 e. The van der Waals surface area contributed by atoms with Gasteiger partial charge in [0.2, 0.25) is 0 Å². The minimum absolute atomic E-state index is 0.292. The highest BCUT2D eigenvalue weighted by Crippen LogP contribution is 2.21. The first-order valence-electron chi connectivity index (χ1n) is 6.26. The molecule has 0 fully saturated rings. The molecule has 0 aliphatic rings. The second kappa shape index (κ2) is 5.93. The minimum atomic E-state index is -3.19. The van der Waals surface area contributed by atoms with Gasteiger partial charge in [-0.2, -0.15) is 0 Å². The van der Waals surface area contributed by atoms with E-state index in [1.807, 2.05) is 4.57 Å². The molecule has 1 aromatic carbocycles. The van der Waals surface area contributed by atoms with Crippen LogP contribution in [0.3, 0.4) is 0 Å². The van der Waals surface area contributed by atoms with Crippen molar-refractivity contribution < 1.29 is 8.42 Å². The number of aromatic nitrogens is 3. The Kier molecular flexibility index (Phi) is 4.45. The number of sulfone groups is 1. The molecule has 7 heteroatoms. The third-order valence-corrected chi connectivity index (χ3v) is 4.30. The molecule has 0 unspecified atom stereocenters. The van der Waals surface area contributed by atoms with Crippen molar-refractivity contribution in [1.29, 1.82) is 0 Å². The van der Waals surface area contributed by atoms with Gasteiger partial charge in [0, 0.05) is 18.4 Å². The Hall–Kier alpha value is -1.40. The zero-order chi connectivity index (χ0) is 14.8. The van der Waals surface area contributed by atoms with Crippen molar-refractivity contribution in [2.45, 2.75) is 30.7 Å². The van der Waals surface area contributed by atoms with Crippen LogP contribution in [-0.4, -0.2) is 29.4 Å². The van der Waals surface area contributed by atoms with Crippen molar-refractivity contribution >= 4 is 21.4 Å². The van der Waals surface area contributed by atoms with E-state index in [1.54, 1.807) is 24.3 Å². The van der Waals surface area contributed by atoms with Crippen LogP contribution in [0.25, 0.3) is 11.4 Å². The summed E-state index contributed by atoms with van der Waals surface area (Å²) in [6.45, 7) is 2.84. The Labute approximate surface area is 123 Å². The van der Waals surface area contributed by atoms with Gasteiger partial charge < -0.3 is 4.57 Å². The van der Waals surface area contributed by atoms with Crippen LogP contribution in [0.5, 0.6) is 0 Å². The quantitative estimate of drug-likeness (QED) is 0.796. The van der Waals surface area contributed by atoms with Gasteiger partial charge in [0.1, 0.15) is 5.82 Å². The molecule has 0 radical (unpaired) electrons. The molecular weight excluding hydrogens is 298 g/mol. The summed E-state index contributed by atoms with van der Waals surface area (Å²) in [5.74, 6) is 1.73. The first-order chi connectivity index (χ1) is 9.47. The third kappa shape index (κ3) is 3.02. The lowest BCUT2D eigenvalue weighted by atomic mass is 10.2. The monoisotopic (exact) mass is 313 g/mol. The normalized spacial score (nSPS) is 11.8. The van der Waals surface area contributed by atoms with Gasteiger partial charge in [0.25, 0.3) is 0 Å². The Balaban J connectivity index is 2.44. The second-order valence-electron chi connectivity index (χ2n) is 4.52. The standard InChI is InChI=1S/C13H16ClN3O2S/c1-3-8-17-12(9-14)15-16-13(17)10-4-6-11(7-5-10)20(2,18)19/h4-7H,3,8-9H2,1-2H3. The Morgan fingerprint density at radius 2 is 1.85 bits per heavy atom. The summed E-state index contributed by atoms with van der Waals surface area (Å²) in [5, 5.41) is 8.21. The Morgan fingerprint density at radius 3 is 2.35 bits per heavy atom. The molecule has 0 bridgehead atoms. The molecule has 0 aliphatic carbocycles. The molecule has 20 heavy (non-hydrogen) atoms. The molecule has 108 valence electrons.